The summed E-state index contributed by atoms with van der Waals surface area (Å²) in [6.45, 7) is 3.01. The van der Waals surface area contributed by atoms with Gasteiger partial charge >= 0.3 is 5.97 Å². The Morgan fingerprint density at radius 1 is 1.30 bits per heavy atom. The summed E-state index contributed by atoms with van der Waals surface area (Å²) in [4.78, 5) is 39.6. The molecule has 1 aromatic carbocycles. The van der Waals surface area contributed by atoms with Gasteiger partial charge in [-0.3, -0.25) is 14.4 Å². The van der Waals surface area contributed by atoms with E-state index in [0.717, 1.165) is 30.6 Å². The Hall–Kier alpha value is -1.73. The number of halogens is 1. The van der Waals surface area contributed by atoms with Crippen LogP contribution in [0, 0.1) is 0 Å². The van der Waals surface area contributed by atoms with E-state index in [9.17, 15) is 14.4 Å². The van der Waals surface area contributed by atoms with Crippen LogP contribution in [0.1, 0.15) is 39.0 Å². The van der Waals surface area contributed by atoms with Gasteiger partial charge in [0, 0.05) is 23.0 Å². The van der Waals surface area contributed by atoms with Crippen molar-refractivity contribution < 1.29 is 19.1 Å². The predicted molar refractivity (Wildman–Crippen MR) is 105 cm³/mol. The molecule has 0 saturated carbocycles. The van der Waals surface area contributed by atoms with Crippen molar-refractivity contribution in [2.75, 3.05) is 18.4 Å². The van der Waals surface area contributed by atoms with Crippen LogP contribution in [0.4, 0.5) is 5.69 Å². The van der Waals surface area contributed by atoms with E-state index in [1.165, 1.54) is 11.8 Å². The van der Waals surface area contributed by atoms with Crippen molar-refractivity contribution in [3.8, 4) is 0 Å². The molecule has 2 heterocycles. The van der Waals surface area contributed by atoms with Gasteiger partial charge in [0.15, 0.2) is 6.10 Å². The number of rotatable bonds is 4. The zero-order valence-electron chi connectivity index (χ0n) is 15.2. The van der Waals surface area contributed by atoms with Crippen molar-refractivity contribution in [1.29, 1.82) is 0 Å². The fraction of sp³-hybridized carbons (Fsp3) is 0.526. The number of thioether (sulfide) groups is 1. The molecule has 0 aromatic heterocycles. The lowest BCUT2D eigenvalue weighted by atomic mass is 10.2. The maximum Gasteiger partial charge on any atom is 0.308 e. The molecule has 146 valence electrons. The van der Waals surface area contributed by atoms with E-state index in [1.54, 1.807) is 24.0 Å². The summed E-state index contributed by atoms with van der Waals surface area (Å²) in [5.41, 5.74) is 0.645. The van der Waals surface area contributed by atoms with Crippen LogP contribution in [0.15, 0.2) is 23.1 Å². The number of fused-ring (bicyclic) bond motifs is 1. The molecule has 27 heavy (non-hydrogen) atoms. The van der Waals surface area contributed by atoms with Gasteiger partial charge in [-0.05, 0) is 38.0 Å². The largest absolute Gasteiger partial charge is 0.452 e. The number of carbonyl (C=O) groups excluding carboxylic acids is 3. The first-order valence-electron chi connectivity index (χ1n) is 9.19. The van der Waals surface area contributed by atoms with E-state index < -0.39 is 17.3 Å². The molecule has 1 N–H and O–H groups in total. The minimum Gasteiger partial charge on any atom is -0.452 e. The Labute approximate surface area is 167 Å². The van der Waals surface area contributed by atoms with Crippen LogP contribution in [-0.2, 0) is 19.1 Å². The number of ether oxygens (including phenoxy) is 1. The summed E-state index contributed by atoms with van der Waals surface area (Å²) < 4.78 is 5.32. The van der Waals surface area contributed by atoms with Crippen molar-refractivity contribution in [3.63, 3.8) is 0 Å². The van der Waals surface area contributed by atoms with Gasteiger partial charge in [-0.2, -0.15) is 0 Å². The molecule has 2 amide bonds. The van der Waals surface area contributed by atoms with E-state index in [1.807, 2.05) is 6.07 Å². The van der Waals surface area contributed by atoms with Crippen molar-refractivity contribution in [3.05, 3.63) is 23.2 Å². The first-order valence-corrected chi connectivity index (χ1v) is 10.4. The number of hydrogen-bond donors (Lipinski definition) is 1. The van der Waals surface area contributed by atoms with Gasteiger partial charge in [0.1, 0.15) is 0 Å². The molecule has 1 aromatic rings. The lowest BCUT2D eigenvalue weighted by Crippen LogP contribution is -2.41. The van der Waals surface area contributed by atoms with Crippen molar-refractivity contribution >= 4 is 46.8 Å². The van der Waals surface area contributed by atoms with Gasteiger partial charge in [0.2, 0.25) is 5.91 Å². The van der Waals surface area contributed by atoms with E-state index in [4.69, 9.17) is 16.3 Å². The maximum atomic E-state index is 12.5. The molecular formula is C19H23ClN2O4S. The minimum absolute atomic E-state index is 0.0871. The molecule has 2 aliphatic heterocycles. The number of esters is 1. The summed E-state index contributed by atoms with van der Waals surface area (Å²) in [6.07, 6.45) is 3.29. The zero-order chi connectivity index (χ0) is 19.4. The normalized spacial score (nSPS) is 20.9. The summed E-state index contributed by atoms with van der Waals surface area (Å²) in [5, 5.41) is 2.71. The molecule has 0 radical (unpaired) electrons. The summed E-state index contributed by atoms with van der Waals surface area (Å²) in [5.74, 6) is -0.972. The number of nitrogens with zero attached hydrogens (tertiary/aromatic N) is 1. The lowest BCUT2D eigenvalue weighted by molar-refractivity contribution is -0.159. The SMILES string of the molecule is CC(OC(=O)CC1Sc2ccc(Cl)cc2NC1=O)C(=O)N1CCCCCC1. The number of benzene rings is 1. The highest BCUT2D eigenvalue weighted by Crippen LogP contribution is 2.38. The molecule has 1 fully saturated rings. The second-order valence-corrected chi connectivity index (χ2v) is 8.49. The van der Waals surface area contributed by atoms with Crippen LogP contribution in [-0.4, -0.2) is 47.1 Å². The highest BCUT2D eigenvalue weighted by Gasteiger charge is 2.31. The van der Waals surface area contributed by atoms with Gasteiger partial charge in [-0.25, -0.2) is 0 Å². The predicted octanol–water partition coefficient (Wildman–Crippen LogP) is 3.48. The molecule has 0 aliphatic carbocycles. The Morgan fingerprint density at radius 2 is 2.00 bits per heavy atom. The number of hydrogen-bond acceptors (Lipinski definition) is 5. The van der Waals surface area contributed by atoms with Crippen molar-refractivity contribution in [2.45, 2.75) is 55.3 Å². The lowest BCUT2D eigenvalue weighted by Gasteiger charge is -2.26. The van der Waals surface area contributed by atoms with Crippen LogP contribution >= 0.6 is 23.4 Å². The number of likely N-dealkylation sites (tertiary alicyclic amines) is 1. The molecule has 0 spiro atoms. The second kappa shape index (κ2) is 8.97. The van der Waals surface area contributed by atoms with Crippen LogP contribution in [0.2, 0.25) is 5.02 Å². The molecule has 8 heteroatoms. The minimum atomic E-state index is -0.835. The first-order chi connectivity index (χ1) is 12.9. The van der Waals surface area contributed by atoms with Crippen LogP contribution in [0.25, 0.3) is 0 Å². The molecular weight excluding hydrogens is 388 g/mol. The highest BCUT2D eigenvalue weighted by atomic mass is 35.5. The topological polar surface area (TPSA) is 75.7 Å². The molecule has 2 aliphatic rings. The van der Waals surface area contributed by atoms with Gasteiger partial charge in [0.25, 0.3) is 5.91 Å². The van der Waals surface area contributed by atoms with E-state index in [0.29, 0.717) is 23.8 Å². The van der Waals surface area contributed by atoms with Crippen molar-refractivity contribution in [1.82, 2.24) is 4.90 Å². The van der Waals surface area contributed by atoms with Crippen molar-refractivity contribution in [2.24, 2.45) is 0 Å². The van der Waals surface area contributed by atoms with Gasteiger partial charge < -0.3 is 15.0 Å². The molecule has 1 saturated heterocycles. The van der Waals surface area contributed by atoms with Gasteiger partial charge in [-0.15, -0.1) is 11.8 Å². The summed E-state index contributed by atoms with van der Waals surface area (Å²) in [7, 11) is 0. The zero-order valence-corrected chi connectivity index (χ0v) is 16.8. The Kier molecular flexibility index (Phi) is 6.65. The average Bonchev–Trinajstić information content (AvgIpc) is 2.91. The first kappa shape index (κ1) is 20.0. The Balaban J connectivity index is 1.54. The van der Waals surface area contributed by atoms with Gasteiger partial charge in [-0.1, -0.05) is 24.4 Å². The van der Waals surface area contributed by atoms with E-state index in [-0.39, 0.29) is 18.2 Å². The van der Waals surface area contributed by atoms with Crippen LogP contribution in [0.5, 0.6) is 0 Å². The number of nitrogens with one attached hydrogen (secondary N) is 1. The molecule has 0 bridgehead atoms. The Morgan fingerprint density at radius 3 is 2.70 bits per heavy atom. The number of carbonyl (C=O) groups is 3. The standard InChI is InChI=1S/C19H23ClN2O4S/c1-12(19(25)22-8-4-2-3-5-9-22)26-17(23)11-16-18(24)21-14-10-13(20)6-7-15(14)27-16/h6-7,10,12,16H,2-5,8-9,11H2,1H3,(H,21,24). The third-order valence-electron chi connectivity index (χ3n) is 4.69. The third kappa shape index (κ3) is 5.17. The molecule has 2 atom stereocenters. The summed E-state index contributed by atoms with van der Waals surface area (Å²) in [6, 6.07) is 5.23. The third-order valence-corrected chi connectivity index (χ3v) is 6.20. The fourth-order valence-corrected chi connectivity index (χ4v) is 4.50. The van der Waals surface area contributed by atoms with Crippen LogP contribution < -0.4 is 5.32 Å². The van der Waals surface area contributed by atoms with Crippen LogP contribution in [0.3, 0.4) is 0 Å². The molecule has 3 rings (SSSR count). The van der Waals surface area contributed by atoms with Gasteiger partial charge in [0.05, 0.1) is 17.4 Å². The monoisotopic (exact) mass is 410 g/mol. The molecule has 6 nitrogen and oxygen atoms in total. The average molecular weight is 411 g/mol. The number of amides is 2. The van der Waals surface area contributed by atoms with E-state index >= 15 is 0 Å². The Bertz CT molecular complexity index is 734. The highest BCUT2D eigenvalue weighted by molar-refractivity contribution is 8.01. The maximum absolute atomic E-state index is 12.5. The second-order valence-electron chi connectivity index (χ2n) is 6.81. The number of anilines is 1. The summed E-state index contributed by atoms with van der Waals surface area (Å²) >= 11 is 7.24. The quantitative estimate of drug-likeness (QED) is 0.769. The fourth-order valence-electron chi connectivity index (χ4n) is 3.25. The smallest absolute Gasteiger partial charge is 0.308 e. The molecule has 2 unspecified atom stereocenters. The van der Waals surface area contributed by atoms with E-state index in [2.05, 4.69) is 5.32 Å².